The van der Waals surface area contributed by atoms with Gasteiger partial charge in [0, 0.05) is 0 Å². The van der Waals surface area contributed by atoms with Crippen LogP contribution < -0.4 is 0 Å². The predicted octanol–water partition coefficient (Wildman–Crippen LogP) is 1.82. The molecule has 1 atom stereocenters. The maximum absolute atomic E-state index is 12.6. The van der Waals surface area contributed by atoms with Gasteiger partial charge in [-0.2, -0.15) is 0 Å². The van der Waals surface area contributed by atoms with Crippen LogP contribution in [0, 0.1) is 6.92 Å². The maximum atomic E-state index is 12.6. The standard InChI is InChI=1S/C16H20O6S/c1-4-5-6-11-22-16(18)14(15(17)21-3)23(19,20)13-9-7-12(2)8-10-13/h5-10,14H,4,11H2,1-3H3/b6-5-. The zero-order valence-corrected chi connectivity index (χ0v) is 14.1. The van der Waals surface area contributed by atoms with Gasteiger partial charge in [-0.1, -0.05) is 36.8 Å². The predicted molar refractivity (Wildman–Crippen MR) is 84.6 cm³/mol. The Morgan fingerprint density at radius 2 is 1.74 bits per heavy atom. The lowest BCUT2D eigenvalue weighted by molar-refractivity contribution is -0.151. The molecule has 0 aliphatic carbocycles. The van der Waals surface area contributed by atoms with Gasteiger partial charge in [0.05, 0.1) is 12.0 Å². The highest BCUT2D eigenvalue weighted by molar-refractivity contribution is 7.93. The van der Waals surface area contributed by atoms with Gasteiger partial charge in [-0.05, 0) is 25.5 Å². The Morgan fingerprint density at radius 3 is 2.26 bits per heavy atom. The van der Waals surface area contributed by atoms with E-state index in [9.17, 15) is 18.0 Å². The monoisotopic (exact) mass is 340 g/mol. The minimum atomic E-state index is -4.24. The van der Waals surface area contributed by atoms with Crippen LogP contribution in [0.2, 0.25) is 0 Å². The lowest BCUT2D eigenvalue weighted by Crippen LogP contribution is -2.40. The maximum Gasteiger partial charge on any atom is 0.336 e. The van der Waals surface area contributed by atoms with E-state index >= 15 is 0 Å². The number of esters is 2. The van der Waals surface area contributed by atoms with Gasteiger partial charge in [0.15, 0.2) is 0 Å². The van der Waals surface area contributed by atoms with Crippen LogP contribution in [0.25, 0.3) is 0 Å². The van der Waals surface area contributed by atoms with Crippen LogP contribution in [-0.4, -0.2) is 39.3 Å². The molecule has 1 unspecified atom stereocenters. The van der Waals surface area contributed by atoms with E-state index in [0.29, 0.717) is 0 Å². The summed E-state index contributed by atoms with van der Waals surface area (Å²) >= 11 is 0. The number of hydrogen-bond acceptors (Lipinski definition) is 6. The summed E-state index contributed by atoms with van der Waals surface area (Å²) < 4.78 is 34.4. The summed E-state index contributed by atoms with van der Waals surface area (Å²) in [4.78, 5) is 23.7. The average Bonchev–Trinajstić information content (AvgIpc) is 2.51. The summed E-state index contributed by atoms with van der Waals surface area (Å²) in [6.45, 7) is 3.59. The first-order valence-electron chi connectivity index (χ1n) is 7.04. The molecule has 1 aromatic carbocycles. The van der Waals surface area contributed by atoms with Gasteiger partial charge < -0.3 is 9.47 Å². The van der Waals surface area contributed by atoms with E-state index in [1.165, 1.54) is 12.1 Å². The van der Waals surface area contributed by atoms with Crippen LogP contribution in [0.3, 0.4) is 0 Å². The molecular formula is C16H20O6S. The molecular weight excluding hydrogens is 320 g/mol. The topological polar surface area (TPSA) is 86.7 Å². The number of rotatable bonds is 7. The van der Waals surface area contributed by atoms with Gasteiger partial charge in [-0.3, -0.25) is 4.79 Å². The molecule has 0 spiro atoms. The number of carbonyl (C=O) groups is 2. The number of carbonyl (C=O) groups excluding carboxylic acids is 2. The van der Waals surface area contributed by atoms with Crippen LogP contribution in [0.1, 0.15) is 18.9 Å². The molecule has 126 valence electrons. The fourth-order valence-electron chi connectivity index (χ4n) is 1.76. The van der Waals surface area contributed by atoms with Crippen molar-refractivity contribution in [3.05, 3.63) is 42.0 Å². The number of allylic oxidation sites excluding steroid dienone is 1. The molecule has 0 bridgehead atoms. The SMILES string of the molecule is CC/C=C\COC(=O)C(C(=O)OC)S(=O)(=O)c1ccc(C)cc1. The second-order valence-corrected chi connectivity index (χ2v) is 6.80. The summed E-state index contributed by atoms with van der Waals surface area (Å²) in [5.74, 6) is -2.33. The van der Waals surface area contributed by atoms with Gasteiger partial charge in [-0.15, -0.1) is 0 Å². The zero-order valence-electron chi connectivity index (χ0n) is 13.3. The lowest BCUT2D eigenvalue weighted by atomic mass is 10.2. The molecule has 0 heterocycles. The third-order valence-electron chi connectivity index (χ3n) is 3.01. The summed E-state index contributed by atoms with van der Waals surface area (Å²) in [5.41, 5.74) is 0.853. The Kier molecular flexibility index (Phi) is 6.96. The van der Waals surface area contributed by atoms with Gasteiger partial charge in [-0.25, -0.2) is 13.2 Å². The molecule has 6 nitrogen and oxygen atoms in total. The van der Waals surface area contributed by atoms with E-state index in [2.05, 4.69) is 4.74 Å². The first-order valence-corrected chi connectivity index (χ1v) is 8.59. The summed E-state index contributed by atoms with van der Waals surface area (Å²) in [6.07, 6.45) is 4.08. The third-order valence-corrected chi connectivity index (χ3v) is 4.95. The summed E-state index contributed by atoms with van der Waals surface area (Å²) in [7, 11) is -3.23. The first kappa shape index (κ1) is 18.9. The second-order valence-electron chi connectivity index (χ2n) is 4.77. The third kappa shape index (κ3) is 4.92. The van der Waals surface area contributed by atoms with Crippen LogP contribution in [0.5, 0.6) is 0 Å². The van der Waals surface area contributed by atoms with Gasteiger partial charge >= 0.3 is 11.9 Å². The Hall–Kier alpha value is -2.15. The molecule has 0 saturated heterocycles. The molecule has 0 aliphatic rings. The quantitative estimate of drug-likeness (QED) is 0.427. The fourth-order valence-corrected chi connectivity index (χ4v) is 3.22. The van der Waals surface area contributed by atoms with Crippen molar-refractivity contribution < 1.29 is 27.5 Å². The molecule has 0 saturated carbocycles. The zero-order chi connectivity index (χ0) is 17.5. The van der Waals surface area contributed by atoms with Crippen molar-refractivity contribution in [3.63, 3.8) is 0 Å². The van der Waals surface area contributed by atoms with Crippen molar-refractivity contribution >= 4 is 21.8 Å². The fraction of sp³-hybridized carbons (Fsp3) is 0.375. The van der Waals surface area contributed by atoms with Crippen LogP contribution >= 0.6 is 0 Å². The van der Waals surface area contributed by atoms with E-state index < -0.39 is 27.0 Å². The van der Waals surface area contributed by atoms with E-state index in [1.54, 1.807) is 31.2 Å². The molecule has 1 aromatic rings. The molecule has 0 fully saturated rings. The van der Waals surface area contributed by atoms with Crippen molar-refractivity contribution in [1.29, 1.82) is 0 Å². The molecule has 0 N–H and O–H groups in total. The Bertz CT molecular complexity index is 673. The first-order chi connectivity index (χ1) is 10.8. The van der Waals surface area contributed by atoms with Crippen LogP contribution in [0.15, 0.2) is 41.3 Å². The minimum Gasteiger partial charge on any atom is -0.468 e. The molecule has 0 aliphatic heterocycles. The van der Waals surface area contributed by atoms with Gasteiger partial charge in [0.25, 0.3) is 5.25 Å². The van der Waals surface area contributed by atoms with Crippen LogP contribution in [0.4, 0.5) is 0 Å². The lowest BCUT2D eigenvalue weighted by Gasteiger charge is -2.14. The molecule has 7 heteroatoms. The molecule has 1 rings (SSSR count). The van der Waals surface area contributed by atoms with E-state index in [4.69, 9.17) is 4.74 Å². The largest absolute Gasteiger partial charge is 0.468 e. The highest BCUT2D eigenvalue weighted by atomic mass is 32.2. The van der Waals surface area contributed by atoms with E-state index in [0.717, 1.165) is 19.1 Å². The summed E-state index contributed by atoms with van der Waals surface area (Å²) in [5, 5.41) is -2.04. The van der Waals surface area contributed by atoms with Crippen molar-refractivity contribution in [1.82, 2.24) is 0 Å². The van der Waals surface area contributed by atoms with E-state index in [1.807, 2.05) is 6.92 Å². The molecule has 0 radical (unpaired) electrons. The molecule has 23 heavy (non-hydrogen) atoms. The average molecular weight is 340 g/mol. The molecule has 0 aromatic heterocycles. The Balaban J connectivity index is 3.10. The number of methoxy groups -OCH3 is 1. The van der Waals surface area contributed by atoms with Gasteiger partial charge in [0.1, 0.15) is 6.61 Å². The molecule has 0 amide bonds. The van der Waals surface area contributed by atoms with Crippen molar-refractivity contribution in [2.24, 2.45) is 0 Å². The van der Waals surface area contributed by atoms with E-state index in [-0.39, 0.29) is 11.5 Å². The Morgan fingerprint density at radius 1 is 1.13 bits per heavy atom. The van der Waals surface area contributed by atoms with Crippen LogP contribution in [-0.2, 0) is 28.9 Å². The summed E-state index contributed by atoms with van der Waals surface area (Å²) in [6, 6.07) is 5.84. The van der Waals surface area contributed by atoms with Crippen molar-refractivity contribution in [2.45, 2.75) is 30.4 Å². The number of benzene rings is 1. The number of aryl methyl sites for hydroxylation is 1. The minimum absolute atomic E-state index is 0.108. The van der Waals surface area contributed by atoms with Crippen molar-refractivity contribution in [3.8, 4) is 0 Å². The normalized spacial score (nSPS) is 12.8. The smallest absolute Gasteiger partial charge is 0.336 e. The Labute approximate surface area is 136 Å². The second kappa shape index (κ2) is 8.47. The number of sulfone groups is 1. The number of hydrogen-bond donors (Lipinski definition) is 0. The highest BCUT2D eigenvalue weighted by Crippen LogP contribution is 2.19. The van der Waals surface area contributed by atoms with Gasteiger partial charge in [0.2, 0.25) is 9.84 Å². The number of ether oxygens (including phenoxy) is 2. The van der Waals surface area contributed by atoms with Crippen molar-refractivity contribution in [2.75, 3.05) is 13.7 Å². The highest BCUT2D eigenvalue weighted by Gasteiger charge is 2.42.